The highest BCUT2D eigenvalue weighted by Gasteiger charge is 2.17. The topological polar surface area (TPSA) is 95.9 Å². The van der Waals surface area contributed by atoms with Crippen molar-refractivity contribution in [2.75, 3.05) is 0 Å². The maximum Gasteiger partial charge on any atom is 0.338 e. The maximum atomic E-state index is 11.3. The molecule has 0 aliphatic rings. The van der Waals surface area contributed by atoms with Crippen LogP contribution in [0.4, 0.5) is 0 Å². The zero-order valence-electron chi connectivity index (χ0n) is 10.3. The average Bonchev–Trinajstić information content (AvgIpc) is 2.26. The molecule has 2 aromatic rings. The van der Waals surface area contributed by atoms with Gasteiger partial charge >= 0.3 is 5.97 Å². The highest BCUT2D eigenvalue weighted by atomic mass is 32.2. The molecular formula is C12H11N3O3S. The van der Waals surface area contributed by atoms with Crippen molar-refractivity contribution in [1.82, 2.24) is 15.0 Å². The van der Waals surface area contributed by atoms with Gasteiger partial charge in [0.25, 0.3) is 5.56 Å². The van der Waals surface area contributed by atoms with E-state index in [9.17, 15) is 14.7 Å². The van der Waals surface area contributed by atoms with Gasteiger partial charge in [0.15, 0.2) is 5.16 Å². The van der Waals surface area contributed by atoms with Gasteiger partial charge in [0.2, 0.25) is 0 Å². The van der Waals surface area contributed by atoms with E-state index in [2.05, 4.69) is 15.0 Å². The molecule has 2 aromatic heterocycles. The number of carboxylic acids is 1. The van der Waals surface area contributed by atoms with Crippen LogP contribution in [0.2, 0.25) is 0 Å². The van der Waals surface area contributed by atoms with Crippen LogP contribution in [-0.2, 0) is 0 Å². The van der Waals surface area contributed by atoms with Crippen LogP contribution in [0.5, 0.6) is 0 Å². The molecule has 6 nitrogen and oxygen atoms in total. The number of aromatic nitrogens is 3. The molecular weight excluding hydrogens is 266 g/mol. The molecule has 19 heavy (non-hydrogen) atoms. The van der Waals surface area contributed by atoms with Crippen LogP contribution in [0, 0.1) is 13.8 Å². The molecule has 0 aromatic carbocycles. The molecule has 2 heterocycles. The molecule has 2 N–H and O–H groups in total. The van der Waals surface area contributed by atoms with E-state index >= 15 is 0 Å². The molecule has 2 rings (SSSR count). The molecule has 0 radical (unpaired) electrons. The minimum atomic E-state index is -1.05. The van der Waals surface area contributed by atoms with Crippen molar-refractivity contribution < 1.29 is 9.90 Å². The minimum Gasteiger partial charge on any atom is -0.478 e. The zero-order valence-corrected chi connectivity index (χ0v) is 11.1. The summed E-state index contributed by atoms with van der Waals surface area (Å²) in [4.78, 5) is 33.6. The van der Waals surface area contributed by atoms with Crippen molar-refractivity contribution in [1.29, 1.82) is 0 Å². The van der Waals surface area contributed by atoms with Gasteiger partial charge in [0.05, 0.1) is 11.3 Å². The van der Waals surface area contributed by atoms with Crippen molar-refractivity contribution in [3.63, 3.8) is 0 Å². The van der Waals surface area contributed by atoms with E-state index in [1.807, 2.05) is 0 Å². The van der Waals surface area contributed by atoms with Crippen LogP contribution in [0.1, 0.15) is 21.7 Å². The Kier molecular flexibility index (Phi) is 3.66. The average molecular weight is 277 g/mol. The third-order valence-electron chi connectivity index (χ3n) is 2.36. The monoisotopic (exact) mass is 277 g/mol. The second-order valence-corrected chi connectivity index (χ2v) is 4.90. The fraction of sp³-hybridized carbons (Fsp3) is 0.167. The number of carboxylic acid groups (broad SMARTS) is 1. The number of pyridine rings is 1. The Morgan fingerprint density at radius 2 is 2.16 bits per heavy atom. The van der Waals surface area contributed by atoms with Gasteiger partial charge in [-0.2, -0.15) is 0 Å². The molecule has 0 aliphatic heterocycles. The Morgan fingerprint density at radius 1 is 1.42 bits per heavy atom. The van der Waals surface area contributed by atoms with Gasteiger partial charge in [0.1, 0.15) is 0 Å². The Bertz CT molecular complexity index is 697. The van der Waals surface area contributed by atoms with Crippen LogP contribution < -0.4 is 5.56 Å². The van der Waals surface area contributed by atoms with Gasteiger partial charge in [-0.05, 0) is 19.9 Å². The summed E-state index contributed by atoms with van der Waals surface area (Å²) >= 11 is 1.10. The van der Waals surface area contributed by atoms with Gasteiger partial charge in [-0.1, -0.05) is 11.8 Å². The lowest BCUT2D eigenvalue weighted by Crippen LogP contribution is -2.08. The number of hydrogen-bond donors (Lipinski definition) is 2. The van der Waals surface area contributed by atoms with E-state index in [1.54, 1.807) is 19.9 Å². The van der Waals surface area contributed by atoms with E-state index in [4.69, 9.17) is 0 Å². The SMILES string of the molecule is Cc1cc(Sc2nccc(=O)[nH]2)c(C(=O)O)c(C)n1. The lowest BCUT2D eigenvalue weighted by Gasteiger charge is -2.08. The van der Waals surface area contributed by atoms with Crippen molar-refractivity contribution >= 4 is 17.7 Å². The standard InChI is InChI=1S/C12H11N3O3S/c1-6-5-8(10(11(17)18)7(2)14-6)19-12-13-4-3-9(16)15-12/h3-5H,1-2H3,(H,17,18)(H,13,15,16). The predicted octanol–water partition coefficient (Wildman–Crippen LogP) is 1.63. The molecule has 0 bridgehead atoms. The minimum absolute atomic E-state index is 0.127. The molecule has 0 aliphatic carbocycles. The Morgan fingerprint density at radius 3 is 2.79 bits per heavy atom. The molecule has 0 unspecified atom stereocenters. The molecule has 98 valence electrons. The van der Waals surface area contributed by atoms with Crippen LogP contribution in [0.25, 0.3) is 0 Å². The summed E-state index contributed by atoms with van der Waals surface area (Å²) in [6.07, 6.45) is 1.38. The number of aromatic amines is 1. The van der Waals surface area contributed by atoms with E-state index in [1.165, 1.54) is 12.3 Å². The summed E-state index contributed by atoms with van der Waals surface area (Å²) in [5.41, 5.74) is 0.996. The predicted molar refractivity (Wildman–Crippen MR) is 69.7 cm³/mol. The first-order valence-corrected chi connectivity index (χ1v) is 6.23. The van der Waals surface area contributed by atoms with Crippen molar-refractivity contribution in [3.05, 3.63) is 45.6 Å². The quantitative estimate of drug-likeness (QED) is 0.828. The van der Waals surface area contributed by atoms with Crippen LogP contribution in [-0.4, -0.2) is 26.0 Å². The van der Waals surface area contributed by atoms with Crippen LogP contribution >= 0.6 is 11.8 Å². The van der Waals surface area contributed by atoms with E-state index in [-0.39, 0.29) is 11.1 Å². The smallest absolute Gasteiger partial charge is 0.338 e. The van der Waals surface area contributed by atoms with Crippen molar-refractivity contribution in [3.8, 4) is 0 Å². The van der Waals surface area contributed by atoms with E-state index < -0.39 is 5.97 Å². The van der Waals surface area contributed by atoms with Crippen LogP contribution in [0.3, 0.4) is 0 Å². The molecule has 0 saturated heterocycles. The normalized spacial score (nSPS) is 10.4. The van der Waals surface area contributed by atoms with Crippen molar-refractivity contribution in [2.45, 2.75) is 23.9 Å². The lowest BCUT2D eigenvalue weighted by molar-refractivity contribution is 0.0691. The summed E-state index contributed by atoms with van der Waals surface area (Å²) in [6, 6.07) is 2.96. The van der Waals surface area contributed by atoms with Crippen molar-refractivity contribution in [2.24, 2.45) is 0 Å². The first kappa shape index (κ1) is 13.3. The first-order valence-electron chi connectivity index (χ1n) is 5.42. The van der Waals surface area contributed by atoms with Gasteiger partial charge in [-0.25, -0.2) is 9.78 Å². The number of aromatic carboxylic acids is 1. The number of aryl methyl sites for hydroxylation is 2. The number of rotatable bonds is 3. The van der Waals surface area contributed by atoms with Crippen LogP contribution in [0.15, 0.2) is 33.2 Å². The van der Waals surface area contributed by atoms with Gasteiger partial charge in [0, 0.05) is 22.9 Å². The second kappa shape index (κ2) is 5.23. The number of H-pyrrole nitrogens is 1. The summed E-state index contributed by atoms with van der Waals surface area (Å²) in [7, 11) is 0. The Balaban J connectivity index is 2.50. The summed E-state index contributed by atoms with van der Waals surface area (Å²) < 4.78 is 0. The number of hydrogen-bond acceptors (Lipinski definition) is 5. The Labute approximate surface area is 112 Å². The van der Waals surface area contributed by atoms with E-state index in [0.717, 1.165) is 11.8 Å². The maximum absolute atomic E-state index is 11.3. The largest absolute Gasteiger partial charge is 0.478 e. The molecule has 0 amide bonds. The third kappa shape index (κ3) is 3.00. The number of nitrogens with zero attached hydrogens (tertiary/aromatic N) is 2. The molecule has 7 heteroatoms. The molecule has 0 saturated carbocycles. The molecule has 0 fully saturated rings. The third-order valence-corrected chi connectivity index (χ3v) is 3.30. The summed E-state index contributed by atoms with van der Waals surface area (Å²) in [5.74, 6) is -1.05. The molecule has 0 atom stereocenters. The molecule has 0 spiro atoms. The summed E-state index contributed by atoms with van der Waals surface area (Å²) in [5, 5.41) is 9.57. The van der Waals surface area contributed by atoms with Gasteiger partial charge in [-0.15, -0.1) is 0 Å². The number of nitrogens with one attached hydrogen (secondary N) is 1. The fourth-order valence-electron chi connectivity index (χ4n) is 1.64. The number of carbonyl (C=O) groups is 1. The van der Waals surface area contributed by atoms with Gasteiger partial charge < -0.3 is 10.1 Å². The van der Waals surface area contributed by atoms with Gasteiger partial charge in [-0.3, -0.25) is 9.78 Å². The summed E-state index contributed by atoms with van der Waals surface area (Å²) in [6.45, 7) is 3.42. The highest BCUT2D eigenvalue weighted by Crippen LogP contribution is 2.29. The fourth-order valence-corrected chi connectivity index (χ4v) is 2.68. The highest BCUT2D eigenvalue weighted by molar-refractivity contribution is 7.99. The van der Waals surface area contributed by atoms with E-state index in [0.29, 0.717) is 21.4 Å². The zero-order chi connectivity index (χ0) is 14.0. The lowest BCUT2D eigenvalue weighted by atomic mass is 10.2. The first-order chi connectivity index (χ1) is 8.97. The Hall–Kier alpha value is -2.15. The second-order valence-electron chi connectivity index (χ2n) is 3.87.